The number of carbonyl (C=O) groups excluding carboxylic acids is 2. The molecule has 2 amide bonds. The van der Waals surface area contributed by atoms with Gasteiger partial charge in [-0.15, -0.1) is 0 Å². The van der Waals surface area contributed by atoms with Crippen LogP contribution in [0.5, 0.6) is 11.5 Å². The molecule has 7 nitrogen and oxygen atoms in total. The van der Waals surface area contributed by atoms with Gasteiger partial charge in [-0.2, -0.15) is 0 Å². The second-order valence-electron chi connectivity index (χ2n) is 8.55. The normalized spacial score (nSPS) is 20.3. The van der Waals surface area contributed by atoms with E-state index in [0.717, 1.165) is 49.5 Å². The first-order chi connectivity index (χ1) is 16.2. The van der Waals surface area contributed by atoms with Gasteiger partial charge in [0.05, 0.1) is 25.0 Å². The lowest BCUT2D eigenvalue weighted by atomic mass is 9.96. The maximum Gasteiger partial charge on any atom is 0.229 e. The fourth-order valence-corrected chi connectivity index (χ4v) is 4.19. The number of hydrogen-bond acceptors (Lipinski definition) is 5. The topological polar surface area (TPSA) is 77.1 Å². The second-order valence-corrected chi connectivity index (χ2v) is 8.55. The van der Waals surface area contributed by atoms with Gasteiger partial charge in [0, 0.05) is 25.4 Å². The summed E-state index contributed by atoms with van der Waals surface area (Å²) in [5.74, 6) is 1.27. The molecule has 2 aliphatic rings. The zero-order chi connectivity index (χ0) is 22.9. The monoisotopic (exact) mass is 452 g/mol. The van der Waals surface area contributed by atoms with E-state index in [1.165, 1.54) is 0 Å². The van der Waals surface area contributed by atoms with Gasteiger partial charge in [-0.3, -0.25) is 9.59 Å². The first kappa shape index (κ1) is 23.1. The highest BCUT2D eigenvalue weighted by Crippen LogP contribution is 2.22. The molecule has 1 N–H and O–H groups in total. The Labute approximate surface area is 195 Å². The summed E-state index contributed by atoms with van der Waals surface area (Å²) >= 11 is 0. The molecular formula is C26H32N2O5. The molecule has 176 valence electrons. The maximum atomic E-state index is 12.8. The van der Waals surface area contributed by atoms with Crippen molar-refractivity contribution in [2.75, 3.05) is 38.2 Å². The van der Waals surface area contributed by atoms with E-state index in [1.807, 2.05) is 54.6 Å². The van der Waals surface area contributed by atoms with Gasteiger partial charge in [0.1, 0.15) is 18.1 Å². The average molecular weight is 453 g/mol. The van der Waals surface area contributed by atoms with Crippen LogP contribution < -0.4 is 14.8 Å². The van der Waals surface area contributed by atoms with Crippen LogP contribution in [0.15, 0.2) is 54.6 Å². The number of likely N-dealkylation sites (tertiary alicyclic amines) is 1. The predicted molar refractivity (Wildman–Crippen MR) is 125 cm³/mol. The summed E-state index contributed by atoms with van der Waals surface area (Å²) in [6, 6.07) is 16.9. The smallest absolute Gasteiger partial charge is 0.229 e. The lowest BCUT2D eigenvalue weighted by molar-refractivity contribution is -0.135. The van der Waals surface area contributed by atoms with Gasteiger partial charge in [0.2, 0.25) is 11.8 Å². The Kier molecular flexibility index (Phi) is 8.19. The van der Waals surface area contributed by atoms with Gasteiger partial charge in [-0.25, -0.2) is 0 Å². The summed E-state index contributed by atoms with van der Waals surface area (Å²) in [5.41, 5.74) is 0.726. The third-order valence-electron chi connectivity index (χ3n) is 6.05. The van der Waals surface area contributed by atoms with E-state index in [2.05, 4.69) is 5.32 Å². The molecule has 2 aromatic carbocycles. The lowest BCUT2D eigenvalue weighted by Crippen LogP contribution is -2.44. The molecule has 2 heterocycles. The van der Waals surface area contributed by atoms with E-state index in [-0.39, 0.29) is 23.8 Å². The van der Waals surface area contributed by atoms with E-state index < -0.39 is 0 Å². The number of rotatable bonds is 9. The Morgan fingerprint density at radius 2 is 1.76 bits per heavy atom. The third-order valence-corrected chi connectivity index (χ3v) is 6.05. The first-order valence-corrected chi connectivity index (χ1v) is 11.8. The SMILES string of the molecule is O=C(Nc1ccc(OCC2CCCO2)cc1)C1CCCN(C(=O)CCOc2ccccc2)C1. The molecule has 0 radical (unpaired) electrons. The van der Waals surface area contributed by atoms with Gasteiger partial charge in [-0.05, 0) is 62.1 Å². The van der Waals surface area contributed by atoms with E-state index in [9.17, 15) is 9.59 Å². The zero-order valence-electron chi connectivity index (χ0n) is 18.9. The Balaban J connectivity index is 1.20. The van der Waals surface area contributed by atoms with Crippen molar-refractivity contribution in [3.8, 4) is 11.5 Å². The number of ether oxygens (including phenoxy) is 3. The average Bonchev–Trinajstić information content (AvgIpc) is 3.38. The Bertz CT molecular complexity index is 897. The van der Waals surface area contributed by atoms with Crippen LogP contribution in [-0.4, -0.2) is 55.7 Å². The molecule has 0 saturated carbocycles. The molecule has 2 aliphatic heterocycles. The zero-order valence-corrected chi connectivity index (χ0v) is 18.9. The molecule has 2 aromatic rings. The van der Waals surface area contributed by atoms with Crippen molar-refractivity contribution in [2.45, 2.75) is 38.2 Å². The molecule has 4 rings (SSSR count). The molecule has 0 aliphatic carbocycles. The number of hydrogen-bond donors (Lipinski definition) is 1. The first-order valence-electron chi connectivity index (χ1n) is 11.8. The van der Waals surface area contributed by atoms with Gasteiger partial charge in [0.15, 0.2) is 0 Å². The number of piperidine rings is 1. The van der Waals surface area contributed by atoms with Crippen LogP contribution >= 0.6 is 0 Å². The van der Waals surface area contributed by atoms with Gasteiger partial charge in [0.25, 0.3) is 0 Å². The number of para-hydroxylation sites is 1. The summed E-state index contributed by atoms with van der Waals surface area (Å²) in [6.07, 6.45) is 4.19. The summed E-state index contributed by atoms with van der Waals surface area (Å²) in [4.78, 5) is 27.2. The second kappa shape index (κ2) is 11.7. The number of nitrogens with zero attached hydrogens (tertiary/aromatic N) is 1. The highest BCUT2D eigenvalue weighted by atomic mass is 16.5. The van der Waals surface area contributed by atoms with Crippen molar-refractivity contribution in [3.63, 3.8) is 0 Å². The number of benzene rings is 2. The summed E-state index contributed by atoms with van der Waals surface area (Å²) < 4.78 is 17.0. The maximum absolute atomic E-state index is 12.8. The van der Waals surface area contributed by atoms with E-state index in [4.69, 9.17) is 14.2 Å². The van der Waals surface area contributed by atoms with Crippen molar-refractivity contribution < 1.29 is 23.8 Å². The van der Waals surface area contributed by atoms with Gasteiger partial charge >= 0.3 is 0 Å². The molecular weight excluding hydrogens is 420 g/mol. The largest absolute Gasteiger partial charge is 0.493 e. The fraction of sp³-hybridized carbons (Fsp3) is 0.462. The summed E-state index contributed by atoms with van der Waals surface area (Å²) in [6.45, 7) is 2.82. The van der Waals surface area contributed by atoms with Crippen molar-refractivity contribution >= 4 is 17.5 Å². The number of anilines is 1. The van der Waals surface area contributed by atoms with Crippen LogP contribution in [0.25, 0.3) is 0 Å². The third kappa shape index (κ3) is 6.96. The molecule has 2 saturated heterocycles. The minimum Gasteiger partial charge on any atom is -0.493 e. The molecule has 0 spiro atoms. The van der Waals surface area contributed by atoms with Crippen LogP contribution in [0.4, 0.5) is 5.69 Å². The molecule has 2 fully saturated rings. The van der Waals surface area contributed by atoms with Crippen LogP contribution in [0.1, 0.15) is 32.1 Å². The molecule has 0 bridgehead atoms. The van der Waals surface area contributed by atoms with Crippen molar-refractivity contribution in [2.24, 2.45) is 5.92 Å². The molecule has 7 heteroatoms. The minimum atomic E-state index is -0.215. The standard InChI is InChI=1S/C26H32N2O5/c29-25(14-17-32-22-7-2-1-3-8-22)28-15-4-6-20(18-28)26(30)27-21-10-12-23(13-11-21)33-19-24-9-5-16-31-24/h1-3,7-8,10-13,20,24H,4-6,9,14-19H2,(H,27,30). The Hall–Kier alpha value is -3.06. The Morgan fingerprint density at radius 3 is 2.52 bits per heavy atom. The summed E-state index contributed by atoms with van der Waals surface area (Å²) in [5, 5.41) is 2.98. The van der Waals surface area contributed by atoms with Crippen molar-refractivity contribution in [3.05, 3.63) is 54.6 Å². The molecule has 33 heavy (non-hydrogen) atoms. The fourth-order valence-electron chi connectivity index (χ4n) is 4.19. The van der Waals surface area contributed by atoms with E-state index in [0.29, 0.717) is 32.7 Å². The van der Waals surface area contributed by atoms with Crippen LogP contribution in [0.2, 0.25) is 0 Å². The Morgan fingerprint density at radius 1 is 0.970 bits per heavy atom. The molecule has 0 aromatic heterocycles. The quantitative estimate of drug-likeness (QED) is 0.625. The lowest BCUT2D eigenvalue weighted by Gasteiger charge is -2.32. The molecule has 2 unspecified atom stereocenters. The number of nitrogens with one attached hydrogen (secondary N) is 1. The molecule has 2 atom stereocenters. The predicted octanol–water partition coefficient (Wildman–Crippen LogP) is 3.89. The highest BCUT2D eigenvalue weighted by Gasteiger charge is 2.28. The van der Waals surface area contributed by atoms with Crippen LogP contribution in [0, 0.1) is 5.92 Å². The van der Waals surface area contributed by atoms with Crippen molar-refractivity contribution in [1.29, 1.82) is 0 Å². The van der Waals surface area contributed by atoms with Gasteiger partial charge in [-0.1, -0.05) is 18.2 Å². The van der Waals surface area contributed by atoms with Crippen LogP contribution in [-0.2, 0) is 14.3 Å². The highest BCUT2D eigenvalue weighted by molar-refractivity contribution is 5.93. The van der Waals surface area contributed by atoms with E-state index in [1.54, 1.807) is 4.90 Å². The summed E-state index contributed by atoms with van der Waals surface area (Å²) in [7, 11) is 0. The van der Waals surface area contributed by atoms with E-state index >= 15 is 0 Å². The van der Waals surface area contributed by atoms with Gasteiger partial charge < -0.3 is 24.4 Å². The van der Waals surface area contributed by atoms with Crippen molar-refractivity contribution in [1.82, 2.24) is 4.90 Å². The number of carbonyl (C=O) groups is 2. The minimum absolute atomic E-state index is 0.0242. The van der Waals surface area contributed by atoms with Crippen LogP contribution in [0.3, 0.4) is 0 Å². The number of amides is 2.